The van der Waals surface area contributed by atoms with Crippen molar-refractivity contribution in [1.29, 1.82) is 0 Å². The fourth-order valence-corrected chi connectivity index (χ4v) is 3.32. The zero-order chi connectivity index (χ0) is 22.5. The van der Waals surface area contributed by atoms with Crippen LogP contribution in [-0.4, -0.2) is 28.0 Å². The van der Waals surface area contributed by atoms with Crippen LogP contribution in [0.3, 0.4) is 0 Å². The summed E-state index contributed by atoms with van der Waals surface area (Å²) in [7, 11) is 1.54. The highest BCUT2D eigenvalue weighted by molar-refractivity contribution is 6.04. The molecule has 1 amide bonds. The molecule has 4 rings (SSSR count). The Bertz CT molecular complexity index is 1200. The van der Waals surface area contributed by atoms with Crippen LogP contribution in [0.15, 0.2) is 65.4 Å². The van der Waals surface area contributed by atoms with Crippen LogP contribution in [0.25, 0.3) is 0 Å². The number of aryl methyl sites for hydroxylation is 2. The lowest BCUT2D eigenvalue weighted by molar-refractivity contribution is 0.102. The summed E-state index contributed by atoms with van der Waals surface area (Å²) < 4.78 is 18.3. The van der Waals surface area contributed by atoms with Crippen LogP contribution in [-0.2, 0) is 13.2 Å². The molecule has 0 aliphatic heterocycles. The number of rotatable bonds is 8. The van der Waals surface area contributed by atoms with E-state index in [4.69, 9.17) is 14.0 Å². The fraction of sp³-hybridized carbons (Fsp3) is 0.208. The predicted octanol–water partition coefficient (Wildman–Crippen LogP) is 4.38. The molecule has 0 aliphatic rings. The SMILES string of the molecule is COc1cc(C(=O)Nc2cccc(Cn3cccn3)c2)ccc1OCc1c(C)noc1C. The predicted molar refractivity (Wildman–Crippen MR) is 119 cm³/mol. The number of aromatic nitrogens is 3. The minimum absolute atomic E-state index is 0.239. The highest BCUT2D eigenvalue weighted by atomic mass is 16.5. The molecular weight excluding hydrogens is 408 g/mol. The first kappa shape index (κ1) is 21.2. The van der Waals surface area contributed by atoms with Crippen molar-refractivity contribution in [3.8, 4) is 11.5 Å². The van der Waals surface area contributed by atoms with Gasteiger partial charge in [-0.3, -0.25) is 9.48 Å². The summed E-state index contributed by atoms with van der Waals surface area (Å²) in [5, 5.41) is 11.1. The Hall–Kier alpha value is -4.07. The molecule has 1 N–H and O–H groups in total. The molecule has 0 aliphatic carbocycles. The molecule has 0 saturated heterocycles. The molecule has 0 fully saturated rings. The molecule has 8 nitrogen and oxygen atoms in total. The first-order chi connectivity index (χ1) is 15.5. The van der Waals surface area contributed by atoms with Gasteiger partial charge in [0.05, 0.1) is 24.9 Å². The van der Waals surface area contributed by atoms with Gasteiger partial charge in [0.25, 0.3) is 5.91 Å². The van der Waals surface area contributed by atoms with Crippen molar-refractivity contribution in [3.63, 3.8) is 0 Å². The lowest BCUT2D eigenvalue weighted by Gasteiger charge is -2.13. The number of hydrogen-bond donors (Lipinski definition) is 1. The van der Waals surface area contributed by atoms with E-state index in [1.807, 2.05) is 55.1 Å². The standard InChI is InChI=1S/C24H24N4O4/c1-16-21(17(2)32-27-16)15-31-22-9-8-19(13-23(22)30-3)24(29)26-20-7-4-6-18(12-20)14-28-11-5-10-25-28/h4-13H,14-15H2,1-3H3,(H,26,29). The average molecular weight is 432 g/mol. The molecule has 0 atom stereocenters. The topological polar surface area (TPSA) is 91.4 Å². The molecule has 2 heterocycles. The second-order valence-electron chi connectivity index (χ2n) is 7.32. The van der Waals surface area contributed by atoms with Crippen molar-refractivity contribution in [2.75, 3.05) is 12.4 Å². The number of methoxy groups -OCH3 is 1. The number of carbonyl (C=O) groups excluding carboxylic acids is 1. The van der Waals surface area contributed by atoms with E-state index in [9.17, 15) is 4.79 Å². The monoisotopic (exact) mass is 432 g/mol. The van der Waals surface area contributed by atoms with Crippen molar-refractivity contribution < 1.29 is 18.8 Å². The Balaban J connectivity index is 1.45. The van der Waals surface area contributed by atoms with Gasteiger partial charge in [0, 0.05) is 23.6 Å². The van der Waals surface area contributed by atoms with E-state index in [1.165, 1.54) is 0 Å². The molecule has 0 saturated carbocycles. The van der Waals surface area contributed by atoms with Gasteiger partial charge in [-0.1, -0.05) is 17.3 Å². The summed E-state index contributed by atoms with van der Waals surface area (Å²) in [5.74, 6) is 1.48. The average Bonchev–Trinajstić information content (AvgIpc) is 3.42. The van der Waals surface area contributed by atoms with E-state index in [-0.39, 0.29) is 5.91 Å². The highest BCUT2D eigenvalue weighted by Gasteiger charge is 2.14. The number of ether oxygens (including phenoxy) is 2. The second-order valence-corrected chi connectivity index (χ2v) is 7.32. The van der Waals surface area contributed by atoms with Crippen LogP contribution in [0.1, 0.15) is 32.9 Å². The van der Waals surface area contributed by atoms with E-state index in [0.717, 1.165) is 16.8 Å². The number of benzene rings is 2. The van der Waals surface area contributed by atoms with Gasteiger partial charge in [0.15, 0.2) is 11.5 Å². The largest absolute Gasteiger partial charge is 0.493 e. The molecule has 0 radical (unpaired) electrons. The quantitative estimate of drug-likeness (QED) is 0.444. The maximum Gasteiger partial charge on any atom is 0.255 e. The Morgan fingerprint density at radius 2 is 2.00 bits per heavy atom. The van der Waals surface area contributed by atoms with E-state index < -0.39 is 0 Å². The van der Waals surface area contributed by atoms with Gasteiger partial charge in [-0.25, -0.2) is 0 Å². The molecule has 32 heavy (non-hydrogen) atoms. The summed E-state index contributed by atoms with van der Waals surface area (Å²) in [6.07, 6.45) is 3.63. The Labute approximate surface area is 185 Å². The van der Waals surface area contributed by atoms with Crippen LogP contribution in [0.5, 0.6) is 11.5 Å². The fourth-order valence-electron chi connectivity index (χ4n) is 3.32. The van der Waals surface area contributed by atoms with Crippen LogP contribution in [0, 0.1) is 13.8 Å². The lowest BCUT2D eigenvalue weighted by atomic mass is 10.1. The van der Waals surface area contributed by atoms with Gasteiger partial charge < -0.3 is 19.3 Å². The van der Waals surface area contributed by atoms with E-state index in [1.54, 1.807) is 31.5 Å². The smallest absolute Gasteiger partial charge is 0.255 e. The first-order valence-electron chi connectivity index (χ1n) is 10.1. The van der Waals surface area contributed by atoms with E-state index >= 15 is 0 Å². The summed E-state index contributed by atoms with van der Waals surface area (Å²) in [5.41, 5.74) is 3.88. The van der Waals surface area contributed by atoms with Crippen molar-refractivity contribution in [2.24, 2.45) is 0 Å². The van der Waals surface area contributed by atoms with Gasteiger partial charge in [-0.15, -0.1) is 0 Å². The molecule has 164 valence electrons. The molecular formula is C24H24N4O4. The highest BCUT2D eigenvalue weighted by Crippen LogP contribution is 2.30. The first-order valence-corrected chi connectivity index (χ1v) is 10.1. The zero-order valence-electron chi connectivity index (χ0n) is 18.2. The normalized spacial score (nSPS) is 10.7. The molecule has 2 aromatic carbocycles. The van der Waals surface area contributed by atoms with Crippen LogP contribution in [0.2, 0.25) is 0 Å². The number of nitrogens with one attached hydrogen (secondary N) is 1. The molecule has 0 unspecified atom stereocenters. The van der Waals surface area contributed by atoms with Gasteiger partial charge in [0.2, 0.25) is 0 Å². The van der Waals surface area contributed by atoms with Gasteiger partial charge in [0.1, 0.15) is 12.4 Å². The summed E-state index contributed by atoms with van der Waals surface area (Å²) in [6.45, 7) is 4.63. The van der Waals surface area contributed by atoms with Crippen molar-refractivity contribution in [2.45, 2.75) is 27.0 Å². The molecule has 0 spiro atoms. The van der Waals surface area contributed by atoms with Crippen molar-refractivity contribution >= 4 is 11.6 Å². The number of carbonyl (C=O) groups is 1. The maximum atomic E-state index is 12.8. The second kappa shape index (κ2) is 9.38. The molecule has 4 aromatic rings. The summed E-state index contributed by atoms with van der Waals surface area (Å²) in [6, 6.07) is 14.6. The van der Waals surface area contributed by atoms with Crippen molar-refractivity contribution in [1.82, 2.24) is 14.9 Å². The summed E-state index contributed by atoms with van der Waals surface area (Å²) >= 11 is 0. The lowest BCUT2D eigenvalue weighted by Crippen LogP contribution is -2.12. The van der Waals surface area contributed by atoms with Crippen LogP contribution >= 0.6 is 0 Å². The zero-order valence-corrected chi connectivity index (χ0v) is 18.2. The third-order valence-corrected chi connectivity index (χ3v) is 5.07. The van der Waals surface area contributed by atoms with Gasteiger partial charge >= 0.3 is 0 Å². The van der Waals surface area contributed by atoms with Gasteiger partial charge in [-0.05, 0) is 55.8 Å². The number of hydrogen-bond acceptors (Lipinski definition) is 6. The molecule has 0 bridgehead atoms. The van der Waals surface area contributed by atoms with Gasteiger partial charge in [-0.2, -0.15) is 5.10 Å². The number of anilines is 1. The number of nitrogens with zero attached hydrogens (tertiary/aromatic N) is 3. The Kier molecular flexibility index (Phi) is 6.21. The Morgan fingerprint density at radius 3 is 2.72 bits per heavy atom. The molecule has 8 heteroatoms. The minimum atomic E-state index is -0.239. The van der Waals surface area contributed by atoms with Crippen LogP contribution < -0.4 is 14.8 Å². The third-order valence-electron chi connectivity index (χ3n) is 5.07. The van der Waals surface area contributed by atoms with Crippen molar-refractivity contribution in [3.05, 3.63) is 89.1 Å². The summed E-state index contributed by atoms with van der Waals surface area (Å²) in [4.78, 5) is 12.8. The third kappa shape index (κ3) is 4.80. The van der Waals surface area contributed by atoms with E-state index in [2.05, 4.69) is 15.6 Å². The van der Waals surface area contributed by atoms with Crippen LogP contribution in [0.4, 0.5) is 5.69 Å². The maximum absolute atomic E-state index is 12.8. The van der Waals surface area contributed by atoms with E-state index in [0.29, 0.717) is 41.7 Å². The Morgan fingerprint density at radius 1 is 1.12 bits per heavy atom. The minimum Gasteiger partial charge on any atom is -0.493 e. The molecule has 2 aromatic heterocycles. The number of amides is 1.